The molecule has 3 aromatic rings. The van der Waals surface area contributed by atoms with Crippen molar-refractivity contribution in [3.05, 3.63) is 89.0 Å². The third kappa shape index (κ3) is 2.94. The first-order valence-electron chi connectivity index (χ1n) is 10.6. The number of para-hydroxylation sites is 1. The van der Waals surface area contributed by atoms with E-state index < -0.39 is 23.4 Å². The van der Waals surface area contributed by atoms with Crippen molar-refractivity contribution in [3.8, 4) is 17.2 Å². The van der Waals surface area contributed by atoms with Crippen molar-refractivity contribution in [2.45, 2.75) is 18.4 Å². The van der Waals surface area contributed by atoms with Crippen LogP contribution in [-0.4, -0.2) is 31.6 Å². The third-order valence-corrected chi connectivity index (χ3v) is 6.30. The number of rotatable bonds is 5. The lowest BCUT2D eigenvalue weighted by atomic mass is 9.76. The van der Waals surface area contributed by atoms with Gasteiger partial charge in [-0.2, -0.15) is 0 Å². The maximum Gasteiger partial charge on any atom is 0.313 e. The van der Waals surface area contributed by atoms with E-state index in [1.54, 1.807) is 26.2 Å². The maximum absolute atomic E-state index is 13.4. The van der Waals surface area contributed by atoms with Gasteiger partial charge in [0.2, 0.25) is 6.79 Å². The van der Waals surface area contributed by atoms with Crippen LogP contribution in [-0.2, 0) is 15.1 Å². The Labute approximate surface area is 186 Å². The molecule has 2 aliphatic rings. The van der Waals surface area contributed by atoms with Gasteiger partial charge in [0.25, 0.3) is 0 Å². The first-order valence-corrected chi connectivity index (χ1v) is 10.6. The number of ether oxygens (including phenoxy) is 4. The molecule has 3 unspecified atom stereocenters. The van der Waals surface area contributed by atoms with Gasteiger partial charge in [-0.05, 0) is 41.8 Å². The predicted octanol–water partition coefficient (Wildman–Crippen LogP) is 3.98. The minimum atomic E-state index is -1.64. The Bertz CT molecular complexity index is 1170. The van der Waals surface area contributed by atoms with Crippen molar-refractivity contribution < 1.29 is 28.8 Å². The summed E-state index contributed by atoms with van der Waals surface area (Å²) in [5.74, 6) is -0.0561. The number of methoxy groups -OCH3 is 1. The van der Waals surface area contributed by atoms with Gasteiger partial charge in [0, 0.05) is 11.5 Å². The molecule has 0 saturated heterocycles. The number of esters is 1. The Balaban J connectivity index is 1.76. The minimum absolute atomic E-state index is 0.159. The molecule has 0 bridgehead atoms. The van der Waals surface area contributed by atoms with Crippen LogP contribution in [0.15, 0.2) is 66.7 Å². The van der Waals surface area contributed by atoms with Crippen LogP contribution in [0.2, 0.25) is 0 Å². The normalized spacial score (nSPS) is 23.0. The molecule has 5 rings (SSSR count). The molecule has 6 heteroatoms. The van der Waals surface area contributed by atoms with Gasteiger partial charge in [-0.1, -0.05) is 48.5 Å². The first-order chi connectivity index (χ1) is 15.6. The molecule has 6 nitrogen and oxygen atoms in total. The van der Waals surface area contributed by atoms with E-state index in [0.717, 1.165) is 11.1 Å². The van der Waals surface area contributed by atoms with Gasteiger partial charge < -0.3 is 24.1 Å². The topological polar surface area (TPSA) is 74.2 Å². The zero-order valence-corrected chi connectivity index (χ0v) is 17.9. The molecule has 32 heavy (non-hydrogen) atoms. The van der Waals surface area contributed by atoms with E-state index in [2.05, 4.69) is 0 Å². The number of hydrogen-bond acceptors (Lipinski definition) is 6. The van der Waals surface area contributed by atoms with Crippen molar-refractivity contribution in [3.63, 3.8) is 0 Å². The SMILES string of the molecule is CCOC(=O)C1C(c2ccc3c(c2)OCO3)c2ccccc2C1(O)c1ccccc1OC. The first kappa shape index (κ1) is 20.4. The summed E-state index contributed by atoms with van der Waals surface area (Å²) in [7, 11) is 1.55. The van der Waals surface area contributed by atoms with Crippen LogP contribution in [0.4, 0.5) is 0 Å². The molecule has 0 spiro atoms. The van der Waals surface area contributed by atoms with E-state index in [9.17, 15) is 9.90 Å². The van der Waals surface area contributed by atoms with E-state index in [1.807, 2.05) is 54.6 Å². The zero-order chi connectivity index (χ0) is 22.3. The number of carbonyl (C=O) groups is 1. The summed E-state index contributed by atoms with van der Waals surface area (Å²) in [6.45, 7) is 2.13. The molecule has 1 heterocycles. The third-order valence-electron chi connectivity index (χ3n) is 6.30. The van der Waals surface area contributed by atoms with Crippen LogP contribution in [0.1, 0.15) is 35.1 Å². The summed E-state index contributed by atoms with van der Waals surface area (Å²) in [6, 6.07) is 20.5. The highest BCUT2D eigenvalue weighted by atomic mass is 16.7. The molecule has 0 amide bonds. The van der Waals surface area contributed by atoms with Crippen molar-refractivity contribution in [1.82, 2.24) is 0 Å². The van der Waals surface area contributed by atoms with Gasteiger partial charge in [0.15, 0.2) is 11.5 Å². The lowest BCUT2D eigenvalue weighted by molar-refractivity contribution is -0.156. The number of fused-ring (bicyclic) bond motifs is 2. The lowest BCUT2D eigenvalue weighted by Crippen LogP contribution is -2.40. The molecule has 3 atom stereocenters. The molecule has 3 aromatic carbocycles. The van der Waals surface area contributed by atoms with Gasteiger partial charge >= 0.3 is 5.97 Å². The second-order valence-electron chi connectivity index (χ2n) is 7.87. The average Bonchev–Trinajstić information content (AvgIpc) is 3.40. The summed E-state index contributed by atoms with van der Waals surface area (Å²) >= 11 is 0. The summed E-state index contributed by atoms with van der Waals surface area (Å²) in [6.07, 6.45) is 0. The van der Waals surface area contributed by atoms with Gasteiger partial charge in [0.05, 0.1) is 13.7 Å². The lowest BCUT2D eigenvalue weighted by Gasteiger charge is -2.33. The van der Waals surface area contributed by atoms with E-state index in [1.165, 1.54) is 0 Å². The number of benzene rings is 3. The second kappa shape index (κ2) is 7.88. The Morgan fingerprint density at radius 3 is 2.53 bits per heavy atom. The van der Waals surface area contributed by atoms with Crippen LogP contribution < -0.4 is 14.2 Å². The minimum Gasteiger partial charge on any atom is -0.496 e. The fourth-order valence-corrected chi connectivity index (χ4v) is 4.99. The van der Waals surface area contributed by atoms with Crippen LogP contribution in [0, 0.1) is 5.92 Å². The summed E-state index contributed by atoms with van der Waals surface area (Å²) < 4.78 is 22.1. The molecule has 0 radical (unpaired) electrons. The quantitative estimate of drug-likeness (QED) is 0.615. The van der Waals surface area contributed by atoms with E-state index >= 15 is 0 Å². The van der Waals surface area contributed by atoms with E-state index in [-0.39, 0.29) is 13.4 Å². The molecule has 0 aromatic heterocycles. The summed E-state index contributed by atoms with van der Waals surface area (Å²) in [5.41, 5.74) is 1.24. The van der Waals surface area contributed by atoms with Crippen LogP contribution in [0.25, 0.3) is 0 Å². The summed E-state index contributed by atoms with van der Waals surface area (Å²) in [5, 5.41) is 12.4. The highest BCUT2D eigenvalue weighted by Gasteiger charge is 2.58. The molecular weight excluding hydrogens is 408 g/mol. The monoisotopic (exact) mass is 432 g/mol. The van der Waals surface area contributed by atoms with Crippen molar-refractivity contribution in [2.75, 3.05) is 20.5 Å². The average molecular weight is 432 g/mol. The summed E-state index contributed by atoms with van der Waals surface area (Å²) in [4.78, 5) is 13.4. The molecule has 1 N–H and O–H groups in total. The molecule has 1 aliphatic heterocycles. The zero-order valence-electron chi connectivity index (χ0n) is 17.9. The fourth-order valence-electron chi connectivity index (χ4n) is 4.99. The Hall–Kier alpha value is -3.51. The van der Waals surface area contributed by atoms with Gasteiger partial charge in [0.1, 0.15) is 17.3 Å². The molecule has 0 saturated carbocycles. The van der Waals surface area contributed by atoms with Gasteiger partial charge in [-0.15, -0.1) is 0 Å². The fraction of sp³-hybridized carbons (Fsp3) is 0.269. The molecule has 164 valence electrons. The van der Waals surface area contributed by atoms with E-state index in [0.29, 0.717) is 28.4 Å². The van der Waals surface area contributed by atoms with Crippen LogP contribution >= 0.6 is 0 Å². The largest absolute Gasteiger partial charge is 0.496 e. The standard InChI is InChI=1S/C26H24O6/c1-3-30-25(27)24-23(16-12-13-21-22(14-16)32-15-31-21)17-8-4-5-9-18(17)26(24,28)19-10-6-7-11-20(19)29-2/h4-14,23-24,28H,3,15H2,1-2H3. The van der Waals surface area contributed by atoms with Crippen LogP contribution in [0.3, 0.4) is 0 Å². The molecule has 1 aliphatic carbocycles. The smallest absolute Gasteiger partial charge is 0.313 e. The number of aliphatic hydroxyl groups is 1. The highest BCUT2D eigenvalue weighted by Crippen LogP contribution is 2.57. The van der Waals surface area contributed by atoms with Gasteiger partial charge in [-0.25, -0.2) is 0 Å². The molecular formula is C26H24O6. The predicted molar refractivity (Wildman–Crippen MR) is 117 cm³/mol. The van der Waals surface area contributed by atoms with E-state index in [4.69, 9.17) is 18.9 Å². The van der Waals surface area contributed by atoms with Crippen LogP contribution in [0.5, 0.6) is 17.2 Å². The number of hydrogen-bond donors (Lipinski definition) is 1. The second-order valence-corrected chi connectivity index (χ2v) is 7.87. The van der Waals surface area contributed by atoms with Crippen molar-refractivity contribution in [1.29, 1.82) is 0 Å². The Kier molecular flexibility index (Phi) is 5.02. The number of carbonyl (C=O) groups excluding carboxylic acids is 1. The molecule has 0 fully saturated rings. The van der Waals surface area contributed by atoms with Gasteiger partial charge in [-0.3, -0.25) is 4.79 Å². The Morgan fingerprint density at radius 1 is 1.03 bits per heavy atom. The highest BCUT2D eigenvalue weighted by molar-refractivity contribution is 5.81. The van der Waals surface area contributed by atoms with Crippen molar-refractivity contribution in [2.24, 2.45) is 5.92 Å². The Morgan fingerprint density at radius 2 is 1.75 bits per heavy atom. The maximum atomic E-state index is 13.4. The van der Waals surface area contributed by atoms with Crippen molar-refractivity contribution >= 4 is 5.97 Å².